The van der Waals surface area contributed by atoms with E-state index in [4.69, 9.17) is 10.7 Å². The quantitative estimate of drug-likeness (QED) is 0.448. The number of fused-ring (bicyclic) bond motifs is 1. The molecule has 0 fully saturated rings. The highest BCUT2D eigenvalue weighted by Crippen LogP contribution is 2.29. The summed E-state index contributed by atoms with van der Waals surface area (Å²) in [6.45, 7) is 0. The maximum absolute atomic E-state index is 6.18. The maximum Gasteiger partial charge on any atom is 0.165 e. The van der Waals surface area contributed by atoms with Crippen LogP contribution in [0.5, 0.6) is 0 Å². The van der Waals surface area contributed by atoms with Crippen LogP contribution < -0.4 is 10.6 Å². The molecule has 0 radical (unpaired) electrons. The SMILES string of the molecule is CN(C)c1ccc(-c2cc(Cc3cccc(Br)c3)c3c(N)ncnc3n2)cc1.Cl. The average molecular weight is 471 g/mol. The molecule has 4 rings (SSSR count). The van der Waals surface area contributed by atoms with E-state index in [9.17, 15) is 0 Å². The van der Waals surface area contributed by atoms with Crippen molar-refractivity contribution < 1.29 is 0 Å². The lowest BCUT2D eigenvalue weighted by molar-refractivity contribution is 1.13. The zero-order chi connectivity index (χ0) is 19.7. The van der Waals surface area contributed by atoms with E-state index in [1.165, 1.54) is 11.9 Å². The van der Waals surface area contributed by atoms with Gasteiger partial charge in [0.1, 0.15) is 12.1 Å². The summed E-state index contributed by atoms with van der Waals surface area (Å²) in [6.07, 6.45) is 2.19. The summed E-state index contributed by atoms with van der Waals surface area (Å²) in [4.78, 5) is 15.4. The van der Waals surface area contributed by atoms with Crippen LogP contribution in [0.3, 0.4) is 0 Å². The van der Waals surface area contributed by atoms with Gasteiger partial charge in [-0.1, -0.05) is 40.2 Å². The third kappa shape index (κ3) is 4.49. The molecule has 0 amide bonds. The fraction of sp³-hybridized carbons (Fsp3) is 0.136. The van der Waals surface area contributed by atoms with Crippen LogP contribution in [0.1, 0.15) is 11.1 Å². The molecule has 2 aromatic heterocycles. The van der Waals surface area contributed by atoms with Crippen LogP contribution in [-0.2, 0) is 6.42 Å². The maximum atomic E-state index is 6.18. The lowest BCUT2D eigenvalue weighted by atomic mass is 10.00. The molecule has 2 heterocycles. The van der Waals surface area contributed by atoms with Crippen molar-refractivity contribution >= 4 is 50.9 Å². The van der Waals surface area contributed by atoms with E-state index in [2.05, 4.69) is 73.3 Å². The van der Waals surface area contributed by atoms with E-state index in [0.29, 0.717) is 11.5 Å². The Morgan fingerprint density at radius 1 is 1.00 bits per heavy atom. The van der Waals surface area contributed by atoms with Crippen molar-refractivity contribution in [1.29, 1.82) is 0 Å². The number of nitrogen functional groups attached to an aromatic ring is 1. The zero-order valence-corrected chi connectivity index (χ0v) is 18.5. The zero-order valence-electron chi connectivity index (χ0n) is 16.1. The molecule has 0 saturated heterocycles. The minimum Gasteiger partial charge on any atom is -0.383 e. The summed E-state index contributed by atoms with van der Waals surface area (Å²) in [6, 6.07) is 18.7. The molecule has 7 heteroatoms. The number of hydrogen-bond donors (Lipinski definition) is 1. The number of nitrogens with two attached hydrogens (primary N) is 1. The number of aromatic nitrogens is 3. The van der Waals surface area contributed by atoms with Crippen molar-refractivity contribution in [3.63, 3.8) is 0 Å². The lowest BCUT2D eigenvalue weighted by Crippen LogP contribution is -2.08. The molecule has 0 saturated carbocycles. The van der Waals surface area contributed by atoms with E-state index in [-0.39, 0.29) is 12.4 Å². The second-order valence-corrected chi connectivity index (χ2v) is 7.79. The highest BCUT2D eigenvalue weighted by molar-refractivity contribution is 9.10. The minimum atomic E-state index is 0. The number of nitrogens with zero attached hydrogens (tertiary/aromatic N) is 4. The molecule has 0 aliphatic rings. The van der Waals surface area contributed by atoms with Crippen molar-refractivity contribution in [3.05, 3.63) is 76.5 Å². The second-order valence-electron chi connectivity index (χ2n) is 6.87. The van der Waals surface area contributed by atoms with Gasteiger partial charge in [-0.3, -0.25) is 0 Å². The topological polar surface area (TPSA) is 67.9 Å². The molecule has 29 heavy (non-hydrogen) atoms. The van der Waals surface area contributed by atoms with Crippen molar-refractivity contribution in [2.24, 2.45) is 0 Å². The van der Waals surface area contributed by atoms with Crippen LogP contribution >= 0.6 is 28.3 Å². The van der Waals surface area contributed by atoms with E-state index >= 15 is 0 Å². The van der Waals surface area contributed by atoms with Crippen molar-refractivity contribution in [2.45, 2.75) is 6.42 Å². The smallest absolute Gasteiger partial charge is 0.165 e. The summed E-state index contributed by atoms with van der Waals surface area (Å²) >= 11 is 3.54. The molecule has 0 aliphatic heterocycles. The lowest BCUT2D eigenvalue weighted by Gasteiger charge is -2.14. The Labute approximate surface area is 184 Å². The third-order valence-corrected chi connectivity index (χ3v) is 5.17. The number of rotatable bonds is 4. The normalized spacial score (nSPS) is 10.6. The summed E-state index contributed by atoms with van der Waals surface area (Å²) in [5.74, 6) is 0.456. The summed E-state index contributed by atoms with van der Waals surface area (Å²) < 4.78 is 1.05. The van der Waals surface area contributed by atoms with Crippen LogP contribution in [0.25, 0.3) is 22.3 Å². The van der Waals surface area contributed by atoms with Gasteiger partial charge in [-0.05, 0) is 47.9 Å². The van der Waals surface area contributed by atoms with Gasteiger partial charge in [0.25, 0.3) is 0 Å². The Morgan fingerprint density at radius 3 is 2.45 bits per heavy atom. The van der Waals surface area contributed by atoms with Gasteiger partial charge >= 0.3 is 0 Å². The Bertz CT molecular complexity index is 1150. The van der Waals surface area contributed by atoms with E-state index in [0.717, 1.165) is 38.8 Å². The first kappa shape index (κ1) is 21.0. The van der Waals surface area contributed by atoms with Crippen molar-refractivity contribution in [1.82, 2.24) is 15.0 Å². The fourth-order valence-electron chi connectivity index (χ4n) is 3.25. The molecule has 148 valence electrons. The van der Waals surface area contributed by atoms with Crippen LogP contribution in [0.2, 0.25) is 0 Å². The number of halogens is 2. The Balaban J connectivity index is 0.00000240. The summed E-state index contributed by atoms with van der Waals surface area (Å²) in [7, 11) is 4.05. The number of pyridine rings is 1. The first-order valence-corrected chi connectivity index (χ1v) is 9.73. The van der Waals surface area contributed by atoms with Gasteiger partial charge in [-0.2, -0.15) is 0 Å². The predicted octanol–water partition coefficient (Wildman–Crippen LogP) is 5.12. The summed E-state index contributed by atoms with van der Waals surface area (Å²) in [5.41, 5.74) is 12.1. The van der Waals surface area contributed by atoms with Crippen LogP contribution in [0.4, 0.5) is 11.5 Å². The Morgan fingerprint density at radius 2 is 1.76 bits per heavy atom. The minimum absolute atomic E-state index is 0. The second kappa shape index (κ2) is 8.76. The molecule has 5 nitrogen and oxygen atoms in total. The molecule has 0 bridgehead atoms. The van der Waals surface area contributed by atoms with Gasteiger partial charge in [-0.25, -0.2) is 15.0 Å². The fourth-order valence-corrected chi connectivity index (χ4v) is 3.70. The van der Waals surface area contributed by atoms with Crippen LogP contribution in [-0.4, -0.2) is 29.0 Å². The van der Waals surface area contributed by atoms with Crippen molar-refractivity contribution in [3.8, 4) is 11.3 Å². The molecule has 4 aromatic rings. The first-order chi connectivity index (χ1) is 13.5. The van der Waals surface area contributed by atoms with Gasteiger partial charge in [0.15, 0.2) is 5.65 Å². The molecule has 0 atom stereocenters. The van der Waals surface area contributed by atoms with Crippen LogP contribution in [0.15, 0.2) is 65.4 Å². The molecule has 0 unspecified atom stereocenters. The summed E-state index contributed by atoms with van der Waals surface area (Å²) in [5, 5.41) is 0.816. The van der Waals surface area contributed by atoms with Gasteiger partial charge in [-0.15, -0.1) is 12.4 Å². The predicted molar refractivity (Wildman–Crippen MR) is 126 cm³/mol. The molecule has 2 N–H and O–H groups in total. The van der Waals surface area contributed by atoms with E-state index in [1.54, 1.807) is 0 Å². The van der Waals surface area contributed by atoms with E-state index < -0.39 is 0 Å². The average Bonchev–Trinajstić information content (AvgIpc) is 2.68. The number of hydrogen-bond acceptors (Lipinski definition) is 5. The largest absolute Gasteiger partial charge is 0.383 e. The molecular weight excluding hydrogens is 450 g/mol. The molecule has 0 spiro atoms. The first-order valence-electron chi connectivity index (χ1n) is 8.93. The number of anilines is 2. The highest BCUT2D eigenvalue weighted by Gasteiger charge is 2.13. The molecular formula is C22H21BrClN5. The Hall–Kier alpha value is -2.70. The Kier molecular flexibility index (Phi) is 6.35. The van der Waals surface area contributed by atoms with Crippen molar-refractivity contribution in [2.75, 3.05) is 24.7 Å². The number of benzene rings is 2. The van der Waals surface area contributed by atoms with Gasteiger partial charge in [0.2, 0.25) is 0 Å². The van der Waals surface area contributed by atoms with Crippen LogP contribution in [0, 0.1) is 0 Å². The van der Waals surface area contributed by atoms with Gasteiger partial charge in [0.05, 0.1) is 11.1 Å². The molecule has 0 aliphatic carbocycles. The monoisotopic (exact) mass is 469 g/mol. The van der Waals surface area contributed by atoms with E-state index in [1.807, 2.05) is 26.2 Å². The standard InChI is InChI=1S/C22H20BrN5.ClH/c1-28(2)18-8-6-15(7-9-18)19-12-16(10-14-4-3-5-17(23)11-14)20-21(24)25-13-26-22(20)27-19;/h3-9,11-13H,10H2,1-2H3,(H2,24,25,26,27);1H. The van der Waals surface area contributed by atoms with Gasteiger partial charge < -0.3 is 10.6 Å². The highest BCUT2D eigenvalue weighted by atomic mass is 79.9. The third-order valence-electron chi connectivity index (χ3n) is 4.68. The molecule has 2 aromatic carbocycles. The van der Waals surface area contributed by atoms with Gasteiger partial charge in [0, 0.05) is 29.8 Å².